The molecule has 152 valence electrons. The fourth-order valence-electron chi connectivity index (χ4n) is 3.52. The average molecular weight is 407 g/mol. The van der Waals surface area contributed by atoms with Gasteiger partial charge in [-0.2, -0.15) is 5.10 Å². The van der Waals surface area contributed by atoms with Crippen molar-refractivity contribution in [1.29, 1.82) is 0 Å². The van der Waals surface area contributed by atoms with Crippen molar-refractivity contribution in [3.8, 4) is 11.5 Å². The number of ether oxygens (including phenoxy) is 2. The zero-order valence-electron chi connectivity index (χ0n) is 16.2. The minimum absolute atomic E-state index is 0.215. The normalized spacial score (nSPS) is 16.6. The maximum absolute atomic E-state index is 11.1. The maximum atomic E-state index is 11.1. The third kappa shape index (κ3) is 3.89. The number of nitrogens with two attached hydrogens (primary N) is 1. The van der Waals surface area contributed by atoms with E-state index in [-0.39, 0.29) is 12.3 Å². The molecule has 10 heteroatoms. The third-order valence-electron chi connectivity index (χ3n) is 4.92. The summed E-state index contributed by atoms with van der Waals surface area (Å²) in [5.74, 6) is 1.66. The molecule has 1 atom stereocenters. The number of hydrogen-bond acceptors (Lipinski definition) is 7. The molecule has 28 heavy (non-hydrogen) atoms. The summed E-state index contributed by atoms with van der Waals surface area (Å²) in [5, 5.41) is 15.2. The van der Waals surface area contributed by atoms with Crippen LogP contribution < -0.4 is 15.2 Å². The van der Waals surface area contributed by atoms with Crippen molar-refractivity contribution in [2.75, 3.05) is 20.8 Å². The quantitative estimate of drug-likeness (QED) is 0.657. The number of aromatic nitrogens is 3. The second kappa shape index (κ2) is 8.29. The van der Waals surface area contributed by atoms with Gasteiger partial charge in [-0.15, -0.1) is 0 Å². The van der Waals surface area contributed by atoms with Gasteiger partial charge in [0.2, 0.25) is 5.91 Å². The molecular formula is C18H25N5O4S. The van der Waals surface area contributed by atoms with E-state index in [1.165, 1.54) is 0 Å². The summed E-state index contributed by atoms with van der Waals surface area (Å²) in [5.41, 5.74) is 6.87. The number of aliphatic hydroxyl groups is 1. The summed E-state index contributed by atoms with van der Waals surface area (Å²) >= 11 is 5.47. The number of benzene rings is 1. The van der Waals surface area contributed by atoms with E-state index >= 15 is 0 Å². The lowest BCUT2D eigenvalue weighted by Gasteiger charge is -2.33. The van der Waals surface area contributed by atoms with Gasteiger partial charge in [0.1, 0.15) is 17.3 Å². The second-order valence-electron chi connectivity index (χ2n) is 6.75. The molecule has 0 spiro atoms. The van der Waals surface area contributed by atoms with Crippen molar-refractivity contribution in [2.45, 2.75) is 32.2 Å². The van der Waals surface area contributed by atoms with Gasteiger partial charge in [0.25, 0.3) is 0 Å². The zero-order valence-corrected chi connectivity index (χ0v) is 17.0. The first kappa shape index (κ1) is 20.3. The van der Waals surface area contributed by atoms with E-state index in [0.29, 0.717) is 48.3 Å². The number of aryl methyl sites for hydroxylation is 1. The highest BCUT2D eigenvalue weighted by Crippen LogP contribution is 2.39. The Morgan fingerprint density at radius 3 is 2.68 bits per heavy atom. The molecule has 1 unspecified atom stereocenters. The number of fused-ring (bicyclic) bond motifs is 1. The van der Waals surface area contributed by atoms with Gasteiger partial charge in [0.15, 0.2) is 4.77 Å². The van der Waals surface area contributed by atoms with Crippen LogP contribution in [0.4, 0.5) is 0 Å². The Labute approximate surface area is 168 Å². The standard InChI is InChI=1S/C18H25N5O4S/c1-21-16(7-6-15(19)25)20-23(18(21)28)10-22-8-11-13(26-2)4-5-14(27-3)17(11)12(24)9-22/h4-5,12,24H,6-10H2,1-3H3,(H2,19,25). The predicted octanol–water partition coefficient (Wildman–Crippen LogP) is 0.893. The lowest BCUT2D eigenvalue weighted by Crippen LogP contribution is -2.36. The van der Waals surface area contributed by atoms with Gasteiger partial charge in [-0.25, -0.2) is 4.68 Å². The van der Waals surface area contributed by atoms with E-state index in [4.69, 9.17) is 27.4 Å². The van der Waals surface area contributed by atoms with E-state index in [1.807, 2.05) is 18.0 Å². The number of β-amino-alcohol motifs (C(OH)–C–C–N with tert-alkyl or cyclic N) is 1. The number of nitrogens with zero attached hydrogens (tertiary/aromatic N) is 4. The molecule has 2 heterocycles. The van der Waals surface area contributed by atoms with E-state index < -0.39 is 6.10 Å². The molecule has 0 saturated heterocycles. The van der Waals surface area contributed by atoms with Crippen LogP contribution in [0.2, 0.25) is 0 Å². The first-order valence-corrected chi connectivity index (χ1v) is 9.31. The van der Waals surface area contributed by atoms with Crippen LogP contribution in [-0.2, 0) is 31.5 Å². The Kier molecular flexibility index (Phi) is 6.01. The number of methoxy groups -OCH3 is 2. The minimum atomic E-state index is -0.721. The monoisotopic (exact) mass is 407 g/mol. The van der Waals surface area contributed by atoms with Gasteiger partial charge < -0.3 is 24.9 Å². The van der Waals surface area contributed by atoms with Crippen LogP contribution in [0.3, 0.4) is 0 Å². The van der Waals surface area contributed by atoms with Crippen LogP contribution in [-0.4, -0.2) is 51.0 Å². The molecule has 0 bridgehead atoms. The first-order valence-electron chi connectivity index (χ1n) is 8.90. The molecule has 0 radical (unpaired) electrons. The Bertz CT molecular complexity index is 939. The van der Waals surface area contributed by atoms with Crippen LogP contribution in [0, 0.1) is 4.77 Å². The average Bonchev–Trinajstić information content (AvgIpc) is 2.93. The maximum Gasteiger partial charge on any atom is 0.217 e. The highest BCUT2D eigenvalue weighted by Gasteiger charge is 2.30. The van der Waals surface area contributed by atoms with Crippen LogP contribution >= 0.6 is 12.2 Å². The topological polar surface area (TPSA) is 108 Å². The largest absolute Gasteiger partial charge is 0.496 e. The smallest absolute Gasteiger partial charge is 0.217 e. The van der Waals surface area contributed by atoms with E-state index in [1.54, 1.807) is 29.5 Å². The Morgan fingerprint density at radius 1 is 1.36 bits per heavy atom. The van der Waals surface area contributed by atoms with Crippen molar-refractivity contribution in [3.05, 3.63) is 33.9 Å². The summed E-state index contributed by atoms with van der Waals surface area (Å²) in [6.07, 6.45) is -0.0771. The predicted molar refractivity (Wildman–Crippen MR) is 104 cm³/mol. The molecule has 1 aliphatic rings. The Balaban J connectivity index is 1.85. The van der Waals surface area contributed by atoms with Crippen molar-refractivity contribution in [1.82, 2.24) is 19.2 Å². The van der Waals surface area contributed by atoms with Gasteiger partial charge in [-0.3, -0.25) is 9.69 Å². The summed E-state index contributed by atoms with van der Waals surface area (Å²) < 4.78 is 14.9. The molecular weight excluding hydrogens is 382 g/mol. The van der Waals surface area contributed by atoms with Crippen molar-refractivity contribution < 1.29 is 19.4 Å². The summed E-state index contributed by atoms with van der Waals surface area (Å²) in [4.78, 5) is 13.1. The van der Waals surface area contributed by atoms with Gasteiger partial charge in [0.05, 0.1) is 27.0 Å². The molecule has 1 aliphatic heterocycles. The fourth-order valence-corrected chi connectivity index (χ4v) is 3.72. The Hall–Kier alpha value is -2.43. The van der Waals surface area contributed by atoms with Crippen LogP contribution in [0.5, 0.6) is 11.5 Å². The molecule has 3 N–H and O–H groups in total. The Morgan fingerprint density at radius 2 is 2.04 bits per heavy atom. The molecule has 0 aliphatic carbocycles. The number of hydrogen-bond donors (Lipinski definition) is 2. The molecule has 1 aromatic carbocycles. The lowest BCUT2D eigenvalue weighted by molar-refractivity contribution is -0.118. The van der Waals surface area contributed by atoms with E-state index in [9.17, 15) is 9.90 Å². The highest BCUT2D eigenvalue weighted by atomic mass is 32.1. The van der Waals surface area contributed by atoms with Gasteiger partial charge >= 0.3 is 0 Å². The molecule has 9 nitrogen and oxygen atoms in total. The summed E-state index contributed by atoms with van der Waals surface area (Å²) in [6.45, 7) is 1.37. The molecule has 2 aromatic rings. The fraction of sp³-hybridized carbons (Fsp3) is 0.500. The summed E-state index contributed by atoms with van der Waals surface area (Å²) in [7, 11) is 5.01. The van der Waals surface area contributed by atoms with Gasteiger partial charge in [-0.05, 0) is 24.4 Å². The van der Waals surface area contributed by atoms with Gasteiger partial charge in [-0.1, -0.05) is 0 Å². The zero-order chi connectivity index (χ0) is 20.4. The number of carbonyl (C=O) groups excluding carboxylic acids is 1. The molecule has 1 aromatic heterocycles. The SMILES string of the molecule is COc1ccc(OC)c2c1CN(Cn1nc(CCC(N)=O)n(C)c1=S)CC2O. The third-order valence-corrected chi connectivity index (χ3v) is 5.40. The molecule has 0 fully saturated rings. The van der Waals surface area contributed by atoms with Crippen molar-refractivity contribution >= 4 is 18.1 Å². The molecule has 1 amide bonds. The second-order valence-corrected chi connectivity index (χ2v) is 7.12. The van der Waals surface area contributed by atoms with Crippen LogP contribution in [0.1, 0.15) is 29.5 Å². The molecule has 0 saturated carbocycles. The van der Waals surface area contributed by atoms with Crippen LogP contribution in [0.15, 0.2) is 12.1 Å². The number of primary amides is 1. The minimum Gasteiger partial charge on any atom is -0.496 e. The molecule has 3 rings (SSSR count). The number of aliphatic hydroxyl groups excluding tert-OH is 1. The first-order chi connectivity index (χ1) is 13.3. The number of amides is 1. The van der Waals surface area contributed by atoms with E-state index in [2.05, 4.69) is 5.10 Å². The van der Waals surface area contributed by atoms with Crippen molar-refractivity contribution in [2.24, 2.45) is 12.8 Å². The van der Waals surface area contributed by atoms with Gasteiger partial charge in [0, 0.05) is 44.1 Å². The van der Waals surface area contributed by atoms with Crippen LogP contribution in [0.25, 0.3) is 0 Å². The lowest BCUT2D eigenvalue weighted by atomic mass is 9.95. The number of carbonyl (C=O) groups is 1. The summed E-state index contributed by atoms with van der Waals surface area (Å²) in [6, 6.07) is 3.64. The highest BCUT2D eigenvalue weighted by molar-refractivity contribution is 7.71. The van der Waals surface area contributed by atoms with Crippen molar-refractivity contribution in [3.63, 3.8) is 0 Å². The van der Waals surface area contributed by atoms with E-state index in [0.717, 1.165) is 11.1 Å². The number of rotatable bonds is 7.